The molecule has 0 unspecified atom stereocenters. The summed E-state index contributed by atoms with van der Waals surface area (Å²) in [5, 5.41) is 6.75. The normalized spacial score (nSPS) is 13.5. The third-order valence-corrected chi connectivity index (χ3v) is 6.63. The number of hydrogen-bond donors (Lipinski definition) is 2. The molecule has 1 aliphatic heterocycles. The van der Waals surface area contributed by atoms with Crippen molar-refractivity contribution in [3.63, 3.8) is 0 Å². The molecule has 0 radical (unpaired) electrons. The summed E-state index contributed by atoms with van der Waals surface area (Å²) in [6.45, 7) is 4.64. The lowest BCUT2D eigenvalue weighted by Gasteiger charge is -2.37. The number of nitrogens with one attached hydrogen (secondary N) is 2. The van der Waals surface area contributed by atoms with Gasteiger partial charge in [0.25, 0.3) is 5.91 Å². The summed E-state index contributed by atoms with van der Waals surface area (Å²) in [6, 6.07) is 16.1. The molecule has 0 bridgehead atoms. The summed E-state index contributed by atoms with van der Waals surface area (Å²) in [7, 11) is 0. The van der Waals surface area contributed by atoms with Crippen LogP contribution in [0.2, 0.25) is 10.0 Å². The molecule has 3 aromatic rings. The van der Waals surface area contributed by atoms with Gasteiger partial charge in [-0.15, -0.1) is 0 Å². The number of carbonyl (C=O) groups is 2. The van der Waals surface area contributed by atoms with Crippen LogP contribution in [0.4, 0.5) is 11.4 Å². The second-order valence-corrected chi connectivity index (χ2v) is 9.16. The van der Waals surface area contributed by atoms with Crippen molar-refractivity contribution >= 4 is 63.7 Å². The first-order valence-corrected chi connectivity index (χ1v) is 12.3. The topological polar surface area (TPSA) is 77.8 Å². The van der Waals surface area contributed by atoms with Gasteiger partial charge in [-0.2, -0.15) is 0 Å². The highest BCUT2D eigenvalue weighted by Gasteiger charge is 2.22. The van der Waals surface area contributed by atoms with Crippen LogP contribution in [0.25, 0.3) is 11.3 Å². The maximum absolute atomic E-state index is 12.7. The van der Waals surface area contributed by atoms with Crippen molar-refractivity contribution in [2.75, 3.05) is 36.4 Å². The van der Waals surface area contributed by atoms with Gasteiger partial charge in [0.2, 0.25) is 5.91 Å². The Hall–Kier alpha value is -3.07. The third kappa shape index (κ3) is 5.96. The minimum Gasteiger partial charge on any atom is -0.451 e. The maximum atomic E-state index is 12.7. The summed E-state index contributed by atoms with van der Waals surface area (Å²) < 4.78 is 5.69. The van der Waals surface area contributed by atoms with E-state index >= 15 is 0 Å². The minimum absolute atomic E-state index is 0.111. The molecule has 2 heterocycles. The first kappa shape index (κ1) is 25.0. The van der Waals surface area contributed by atoms with E-state index in [1.165, 1.54) is 0 Å². The monoisotopic (exact) mass is 530 g/mol. The Labute approximate surface area is 219 Å². The molecule has 10 heteroatoms. The van der Waals surface area contributed by atoms with Crippen molar-refractivity contribution in [3.8, 4) is 11.3 Å². The molecule has 1 aromatic heterocycles. The predicted octanol–water partition coefficient (Wildman–Crippen LogP) is 5.44. The van der Waals surface area contributed by atoms with Crippen molar-refractivity contribution in [2.45, 2.75) is 13.3 Å². The van der Waals surface area contributed by atoms with Crippen LogP contribution in [0.3, 0.4) is 0 Å². The molecular formula is C25H24Cl2N4O3S. The minimum atomic E-state index is -0.474. The molecule has 2 aromatic carbocycles. The van der Waals surface area contributed by atoms with E-state index in [4.69, 9.17) is 39.8 Å². The highest BCUT2D eigenvalue weighted by molar-refractivity contribution is 7.80. The van der Waals surface area contributed by atoms with Crippen molar-refractivity contribution < 1.29 is 14.0 Å². The second-order valence-electron chi connectivity index (χ2n) is 7.94. The molecule has 7 nitrogen and oxygen atoms in total. The third-order valence-electron chi connectivity index (χ3n) is 5.69. The molecule has 35 heavy (non-hydrogen) atoms. The maximum Gasteiger partial charge on any atom is 0.293 e. The van der Waals surface area contributed by atoms with Gasteiger partial charge in [-0.05, 0) is 54.7 Å². The predicted molar refractivity (Wildman–Crippen MR) is 143 cm³/mol. The van der Waals surface area contributed by atoms with E-state index in [2.05, 4.69) is 15.5 Å². The fourth-order valence-electron chi connectivity index (χ4n) is 3.86. The zero-order valence-corrected chi connectivity index (χ0v) is 21.3. The van der Waals surface area contributed by atoms with Crippen molar-refractivity contribution in [1.82, 2.24) is 10.2 Å². The number of para-hydroxylation sites is 2. The molecule has 1 saturated heterocycles. The van der Waals surface area contributed by atoms with Crippen molar-refractivity contribution in [1.29, 1.82) is 0 Å². The van der Waals surface area contributed by atoms with Gasteiger partial charge in [0.1, 0.15) is 5.76 Å². The average molecular weight is 531 g/mol. The number of rotatable bonds is 5. The fraction of sp³-hybridized carbons (Fsp3) is 0.240. The molecule has 2 amide bonds. The summed E-state index contributed by atoms with van der Waals surface area (Å²) in [6.07, 6.45) is 0.511. The number of amides is 2. The largest absolute Gasteiger partial charge is 0.451 e. The molecule has 1 aliphatic rings. The Balaban J connectivity index is 1.39. The number of hydrogen-bond acceptors (Lipinski definition) is 5. The molecule has 0 aliphatic carbocycles. The van der Waals surface area contributed by atoms with E-state index in [9.17, 15) is 9.59 Å². The van der Waals surface area contributed by atoms with Crippen LogP contribution in [-0.4, -0.2) is 48.0 Å². The number of benzene rings is 2. The Morgan fingerprint density at radius 3 is 2.46 bits per heavy atom. The molecule has 4 rings (SSSR count). The van der Waals surface area contributed by atoms with Gasteiger partial charge in [0.15, 0.2) is 10.9 Å². The Kier molecular flexibility index (Phi) is 7.95. The number of thiocarbonyl (C=S) groups is 1. The van der Waals surface area contributed by atoms with Gasteiger partial charge in [-0.25, -0.2) is 0 Å². The van der Waals surface area contributed by atoms with Crippen LogP contribution in [0, 0.1) is 0 Å². The highest BCUT2D eigenvalue weighted by Crippen LogP contribution is 2.30. The smallest absolute Gasteiger partial charge is 0.293 e. The fourth-order valence-corrected chi connectivity index (χ4v) is 4.36. The van der Waals surface area contributed by atoms with Gasteiger partial charge >= 0.3 is 0 Å². The van der Waals surface area contributed by atoms with Crippen molar-refractivity contribution in [2.24, 2.45) is 0 Å². The van der Waals surface area contributed by atoms with E-state index in [0.29, 0.717) is 54.0 Å². The van der Waals surface area contributed by atoms with Gasteiger partial charge in [0.05, 0.1) is 21.4 Å². The molecule has 0 spiro atoms. The van der Waals surface area contributed by atoms with E-state index < -0.39 is 5.91 Å². The molecule has 2 N–H and O–H groups in total. The number of anilines is 2. The first-order valence-electron chi connectivity index (χ1n) is 11.1. The van der Waals surface area contributed by atoms with E-state index in [1.807, 2.05) is 36.1 Å². The van der Waals surface area contributed by atoms with Crippen LogP contribution in [0.1, 0.15) is 23.9 Å². The highest BCUT2D eigenvalue weighted by atomic mass is 35.5. The van der Waals surface area contributed by atoms with E-state index in [1.54, 1.807) is 30.3 Å². The van der Waals surface area contributed by atoms with Gasteiger partial charge in [-0.1, -0.05) is 42.3 Å². The lowest BCUT2D eigenvalue weighted by atomic mass is 10.2. The number of halogens is 2. The zero-order chi connectivity index (χ0) is 24.9. The van der Waals surface area contributed by atoms with Gasteiger partial charge in [0, 0.05) is 38.2 Å². The van der Waals surface area contributed by atoms with Crippen LogP contribution >= 0.6 is 35.4 Å². The standard InChI is InChI=1S/C25H24Cl2N4O3S/c1-2-23(32)31-13-11-30(12-14-31)20-6-4-3-5-19(20)28-25(35)29-24(33)22-10-9-21(34-22)16-7-8-17(26)18(27)15-16/h3-10,15H,2,11-14H2,1H3,(H2,28,29,33,35). The van der Waals surface area contributed by atoms with Crippen LogP contribution < -0.4 is 15.5 Å². The Bertz CT molecular complexity index is 1260. The van der Waals surface area contributed by atoms with Crippen LogP contribution in [-0.2, 0) is 4.79 Å². The number of furan rings is 1. The lowest BCUT2D eigenvalue weighted by molar-refractivity contribution is -0.131. The molecule has 182 valence electrons. The van der Waals surface area contributed by atoms with Crippen molar-refractivity contribution in [3.05, 3.63) is 70.4 Å². The van der Waals surface area contributed by atoms with Crippen LogP contribution in [0.15, 0.2) is 59.0 Å². The van der Waals surface area contributed by atoms with Gasteiger partial charge in [-0.3, -0.25) is 14.9 Å². The summed E-state index contributed by atoms with van der Waals surface area (Å²) >= 11 is 17.4. The second kappa shape index (κ2) is 11.1. The van der Waals surface area contributed by atoms with E-state index in [0.717, 1.165) is 11.4 Å². The average Bonchev–Trinajstić information content (AvgIpc) is 3.36. The van der Waals surface area contributed by atoms with Crippen LogP contribution in [0.5, 0.6) is 0 Å². The Morgan fingerprint density at radius 1 is 1.00 bits per heavy atom. The number of piperazine rings is 1. The molecular weight excluding hydrogens is 507 g/mol. The summed E-state index contributed by atoms with van der Waals surface area (Å²) in [4.78, 5) is 28.7. The first-order chi connectivity index (χ1) is 16.9. The quantitative estimate of drug-likeness (QED) is 0.427. The molecule has 1 fully saturated rings. The number of nitrogens with zero attached hydrogens (tertiary/aromatic N) is 2. The Morgan fingerprint density at radius 2 is 1.74 bits per heavy atom. The molecule has 0 saturated carbocycles. The molecule has 0 atom stereocenters. The summed E-state index contributed by atoms with van der Waals surface area (Å²) in [5.74, 6) is 0.289. The van der Waals surface area contributed by atoms with E-state index in [-0.39, 0.29) is 16.8 Å². The number of carbonyl (C=O) groups excluding carboxylic acids is 2. The zero-order valence-electron chi connectivity index (χ0n) is 19.0. The summed E-state index contributed by atoms with van der Waals surface area (Å²) in [5.41, 5.74) is 2.42. The SMILES string of the molecule is CCC(=O)N1CCN(c2ccccc2NC(=S)NC(=O)c2ccc(-c3ccc(Cl)c(Cl)c3)o2)CC1. The lowest BCUT2D eigenvalue weighted by Crippen LogP contribution is -2.48. The van der Waals surface area contributed by atoms with Gasteiger partial charge < -0.3 is 19.5 Å².